The second-order valence-electron chi connectivity index (χ2n) is 2.81. The molecule has 0 aromatic carbocycles. The average molecular weight is 240 g/mol. The van der Waals surface area contributed by atoms with Gasteiger partial charge in [-0.05, 0) is 6.07 Å². The van der Waals surface area contributed by atoms with Gasteiger partial charge >= 0.3 is 6.18 Å². The number of halogens is 5. The molecule has 1 aromatic heterocycles. The topological polar surface area (TPSA) is 56.0 Å². The van der Waals surface area contributed by atoms with E-state index in [-0.39, 0.29) is 12.4 Å². The molecule has 0 spiro atoms. The Hall–Kier alpha value is -1.73. The van der Waals surface area contributed by atoms with Crippen molar-refractivity contribution in [3.05, 3.63) is 22.9 Å². The van der Waals surface area contributed by atoms with E-state index in [0.717, 1.165) is 0 Å². The van der Waals surface area contributed by atoms with Crippen LogP contribution in [0.3, 0.4) is 0 Å². The molecule has 0 saturated carbocycles. The molecule has 0 amide bonds. The van der Waals surface area contributed by atoms with E-state index in [2.05, 4.69) is 4.98 Å². The summed E-state index contributed by atoms with van der Waals surface area (Å²) >= 11 is 0. The van der Waals surface area contributed by atoms with E-state index in [4.69, 9.17) is 5.73 Å². The maximum Gasteiger partial charge on any atom is 0.419 e. The van der Waals surface area contributed by atoms with Crippen LogP contribution in [0.4, 0.5) is 27.8 Å². The van der Waals surface area contributed by atoms with E-state index in [1.807, 2.05) is 0 Å². The summed E-state index contributed by atoms with van der Waals surface area (Å²) < 4.78 is 61.4. The zero-order valence-electron chi connectivity index (χ0n) is 7.55. The van der Waals surface area contributed by atoms with Gasteiger partial charge in [-0.15, -0.1) is 0 Å². The summed E-state index contributed by atoms with van der Waals surface area (Å²) in [5.41, 5.74) is 1.56. The molecule has 2 N–H and O–H groups in total. The van der Waals surface area contributed by atoms with E-state index in [1.54, 1.807) is 0 Å². The second-order valence-corrected chi connectivity index (χ2v) is 2.81. The Balaban J connectivity index is 3.45. The van der Waals surface area contributed by atoms with Crippen molar-refractivity contribution in [2.75, 3.05) is 5.73 Å². The minimum Gasteiger partial charge on any atom is -0.383 e. The second kappa shape index (κ2) is 4.03. The molecule has 1 aromatic rings. The lowest BCUT2D eigenvalue weighted by Crippen LogP contribution is -2.13. The third kappa shape index (κ3) is 2.26. The highest BCUT2D eigenvalue weighted by Gasteiger charge is 2.35. The molecule has 0 unspecified atom stereocenters. The highest BCUT2D eigenvalue weighted by Crippen LogP contribution is 2.35. The standard InChI is InChI=1S/C8H5F5N2O/c9-6(10)3-1-4(8(11,12)13)7(14)15-5(3)2-16/h1-2,6H,(H2,14,15). The van der Waals surface area contributed by atoms with Crippen molar-refractivity contribution < 1.29 is 26.7 Å². The first-order valence-corrected chi connectivity index (χ1v) is 3.88. The molecule has 88 valence electrons. The molecule has 1 heterocycles. The van der Waals surface area contributed by atoms with Crippen molar-refractivity contribution in [1.29, 1.82) is 0 Å². The molecule has 8 heteroatoms. The fraction of sp³-hybridized carbons (Fsp3) is 0.250. The van der Waals surface area contributed by atoms with Crippen molar-refractivity contribution in [3.63, 3.8) is 0 Å². The number of pyridine rings is 1. The summed E-state index contributed by atoms with van der Waals surface area (Å²) in [5.74, 6) is -1.00. The fourth-order valence-electron chi connectivity index (χ4n) is 1.05. The van der Waals surface area contributed by atoms with Gasteiger partial charge in [0.15, 0.2) is 6.29 Å². The molecule has 0 radical (unpaired) electrons. The molecule has 0 atom stereocenters. The largest absolute Gasteiger partial charge is 0.419 e. The van der Waals surface area contributed by atoms with Crippen molar-refractivity contribution >= 4 is 12.1 Å². The third-order valence-corrected chi connectivity index (χ3v) is 1.76. The van der Waals surface area contributed by atoms with Crippen LogP contribution in [0, 0.1) is 0 Å². The van der Waals surface area contributed by atoms with Crippen LogP contribution in [-0.4, -0.2) is 11.3 Å². The van der Waals surface area contributed by atoms with Gasteiger partial charge in [-0.25, -0.2) is 13.8 Å². The van der Waals surface area contributed by atoms with Gasteiger partial charge in [0, 0.05) is 5.56 Å². The van der Waals surface area contributed by atoms with Gasteiger partial charge in [-0.2, -0.15) is 13.2 Å². The van der Waals surface area contributed by atoms with Gasteiger partial charge in [0.25, 0.3) is 6.43 Å². The number of hydrogen-bond donors (Lipinski definition) is 1. The van der Waals surface area contributed by atoms with Crippen LogP contribution in [0.1, 0.15) is 28.0 Å². The van der Waals surface area contributed by atoms with Gasteiger partial charge in [0.1, 0.15) is 11.5 Å². The van der Waals surface area contributed by atoms with Gasteiger partial charge in [0.2, 0.25) is 0 Å². The first kappa shape index (κ1) is 12.3. The van der Waals surface area contributed by atoms with E-state index in [1.165, 1.54) is 0 Å². The predicted molar refractivity (Wildman–Crippen MR) is 44.0 cm³/mol. The van der Waals surface area contributed by atoms with Crippen LogP contribution in [0.5, 0.6) is 0 Å². The molecule has 0 bridgehead atoms. The monoisotopic (exact) mass is 240 g/mol. The lowest BCUT2D eigenvalue weighted by molar-refractivity contribution is -0.137. The van der Waals surface area contributed by atoms with Crippen molar-refractivity contribution in [1.82, 2.24) is 4.98 Å². The van der Waals surface area contributed by atoms with E-state index in [0.29, 0.717) is 0 Å². The molecular formula is C8H5F5N2O. The smallest absolute Gasteiger partial charge is 0.383 e. The lowest BCUT2D eigenvalue weighted by atomic mass is 10.1. The Kier molecular flexibility index (Phi) is 3.11. The van der Waals surface area contributed by atoms with Crippen LogP contribution < -0.4 is 5.73 Å². The Morgan fingerprint density at radius 1 is 1.38 bits per heavy atom. The zero-order valence-corrected chi connectivity index (χ0v) is 7.55. The van der Waals surface area contributed by atoms with E-state index < -0.39 is 35.2 Å². The zero-order chi connectivity index (χ0) is 12.5. The highest BCUT2D eigenvalue weighted by atomic mass is 19.4. The number of aromatic nitrogens is 1. The number of carbonyl (C=O) groups excluding carboxylic acids is 1. The molecule has 0 aliphatic carbocycles. The average Bonchev–Trinajstić information content (AvgIpc) is 2.14. The number of alkyl halides is 5. The minimum atomic E-state index is -4.89. The number of carbonyl (C=O) groups is 1. The molecular weight excluding hydrogens is 235 g/mol. The lowest BCUT2D eigenvalue weighted by Gasteiger charge is -2.12. The van der Waals surface area contributed by atoms with Crippen LogP contribution >= 0.6 is 0 Å². The third-order valence-electron chi connectivity index (χ3n) is 1.76. The number of aldehydes is 1. The van der Waals surface area contributed by atoms with Gasteiger partial charge in [-0.1, -0.05) is 0 Å². The Morgan fingerprint density at radius 3 is 2.31 bits per heavy atom. The molecule has 3 nitrogen and oxygen atoms in total. The number of anilines is 1. The van der Waals surface area contributed by atoms with Gasteiger partial charge < -0.3 is 5.73 Å². The maximum absolute atomic E-state index is 12.3. The van der Waals surface area contributed by atoms with Gasteiger partial charge in [0.05, 0.1) is 5.56 Å². The number of nitrogen functional groups attached to an aromatic ring is 1. The van der Waals surface area contributed by atoms with E-state index >= 15 is 0 Å². The van der Waals surface area contributed by atoms with Gasteiger partial charge in [-0.3, -0.25) is 4.79 Å². The predicted octanol–water partition coefficient (Wildman–Crippen LogP) is 2.43. The highest BCUT2D eigenvalue weighted by molar-refractivity contribution is 5.76. The first-order valence-electron chi connectivity index (χ1n) is 3.88. The SMILES string of the molecule is Nc1nc(C=O)c(C(F)F)cc1C(F)(F)F. The van der Waals surface area contributed by atoms with Crippen LogP contribution in [0.2, 0.25) is 0 Å². The summed E-state index contributed by atoms with van der Waals surface area (Å²) in [6.07, 6.45) is -8.19. The molecule has 16 heavy (non-hydrogen) atoms. The summed E-state index contributed by atoms with van der Waals surface area (Å²) in [7, 11) is 0. The summed E-state index contributed by atoms with van der Waals surface area (Å²) in [6, 6.07) is 0.136. The first-order chi connectivity index (χ1) is 7.27. The minimum absolute atomic E-state index is 0.0714. The van der Waals surface area contributed by atoms with Crippen molar-refractivity contribution in [2.24, 2.45) is 0 Å². The number of hydrogen-bond acceptors (Lipinski definition) is 3. The van der Waals surface area contributed by atoms with Crippen LogP contribution in [0.15, 0.2) is 6.07 Å². The molecule has 0 aliphatic heterocycles. The Bertz CT molecular complexity index is 416. The van der Waals surface area contributed by atoms with E-state index in [9.17, 15) is 26.7 Å². The Labute approximate surface area is 86.1 Å². The number of nitrogens with zero attached hydrogens (tertiary/aromatic N) is 1. The summed E-state index contributed by atoms with van der Waals surface area (Å²) in [5, 5.41) is 0. The maximum atomic E-state index is 12.3. The van der Waals surface area contributed by atoms with Crippen LogP contribution in [0.25, 0.3) is 0 Å². The Morgan fingerprint density at radius 2 is 1.94 bits per heavy atom. The molecule has 1 rings (SSSR count). The molecule has 0 saturated heterocycles. The quantitative estimate of drug-likeness (QED) is 0.638. The van der Waals surface area contributed by atoms with Crippen molar-refractivity contribution in [2.45, 2.75) is 12.6 Å². The fourth-order valence-corrected chi connectivity index (χ4v) is 1.05. The molecule has 0 aliphatic rings. The van der Waals surface area contributed by atoms with Crippen molar-refractivity contribution in [3.8, 4) is 0 Å². The number of rotatable bonds is 2. The summed E-state index contributed by atoms with van der Waals surface area (Å²) in [6.45, 7) is 0. The number of nitrogens with two attached hydrogens (primary N) is 1. The summed E-state index contributed by atoms with van der Waals surface area (Å²) in [4.78, 5) is 13.3. The van der Waals surface area contributed by atoms with Crippen LogP contribution in [-0.2, 0) is 6.18 Å². The normalized spacial score (nSPS) is 11.9. The molecule has 0 fully saturated rings.